The summed E-state index contributed by atoms with van der Waals surface area (Å²) in [5.74, 6) is 1.94. The first-order valence-electron chi connectivity index (χ1n) is 26.9. The van der Waals surface area contributed by atoms with Crippen LogP contribution in [0.2, 0.25) is 0 Å². The molecule has 0 aliphatic rings. The fourth-order valence-electron chi connectivity index (χ4n) is 8.78. The van der Waals surface area contributed by atoms with Gasteiger partial charge in [0, 0.05) is 18.4 Å². The lowest BCUT2D eigenvalue weighted by Gasteiger charge is -2.20. The summed E-state index contributed by atoms with van der Waals surface area (Å²) in [6, 6.07) is 17.1. The van der Waals surface area contributed by atoms with Crippen molar-refractivity contribution in [1.29, 1.82) is 0 Å². The standard InChI is InChI=1S/C57H101NO2/c1-4-6-8-10-12-14-16-18-20-22-24-26-28-30-32-34-36-38-40-42-52-59-56-48-44-54(45-49-56)58(3)55-46-50-57(51-47-55)60-53-43-41-39-37-35-33-31-29-27-25-23-21-19-17-15-13-11-9-7-5-2/h44-51H,4-43,52-53H2,1-3H3. The summed E-state index contributed by atoms with van der Waals surface area (Å²) in [5, 5.41) is 0. The van der Waals surface area contributed by atoms with Gasteiger partial charge in [0.25, 0.3) is 0 Å². The molecule has 346 valence electrons. The molecule has 0 unspecified atom stereocenters. The van der Waals surface area contributed by atoms with Gasteiger partial charge in [-0.3, -0.25) is 0 Å². The molecule has 0 saturated carbocycles. The van der Waals surface area contributed by atoms with Crippen molar-refractivity contribution in [3.8, 4) is 11.5 Å². The van der Waals surface area contributed by atoms with Crippen molar-refractivity contribution in [3.05, 3.63) is 48.5 Å². The second-order valence-corrected chi connectivity index (χ2v) is 18.7. The Labute approximate surface area is 375 Å². The molecule has 3 nitrogen and oxygen atoms in total. The zero-order valence-corrected chi connectivity index (χ0v) is 40.6. The van der Waals surface area contributed by atoms with Crippen molar-refractivity contribution >= 4 is 11.4 Å². The lowest BCUT2D eigenvalue weighted by molar-refractivity contribution is 0.304. The van der Waals surface area contributed by atoms with Crippen LogP contribution in [0.15, 0.2) is 48.5 Å². The van der Waals surface area contributed by atoms with E-state index in [4.69, 9.17) is 9.47 Å². The zero-order valence-electron chi connectivity index (χ0n) is 40.6. The van der Waals surface area contributed by atoms with E-state index in [1.807, 2.05) is 0 Å². The Morgan fingerprint density at radius 1 is 0.267 bits per heavy atom. The van der Waals surface area contributed by atoms with Crippen LogP contribution in [-0.2, 0) is 0 Å². The van der Waals surface area contributed by atoms with E-state index in [9.17, 15) is 0 Å². The van der Waals surface area contributed by atoms with E-state index >= 15 is 0 Å². The first-order valence-corrected chi connectivity index (χ1v) is 26.9. The minimum absolute atomic E-state index is 0.815. The van der Waals surface area contributed by atoms with Gasteiger partial charge in [-0.25, -0.2) is 0 Å². The molecular formula is C57H101NO2. The quantitative estimate of drug-likeness (QED) is 0.0621. The maximum absolute atomic E-state index is 6.08. The lowest BCUT2D eigenvalue weighted by Crippen LogP contribution is -2.09. The fraction of sp³-hybridized carbons (Fsp3) is 0.789. The van der Waals surface area contributed by atoms with Crippen molar-refractivity contribution in [2.45, 2.75) is 271 Å². The average Bonchev–Trinajstić information content (AvgIpc) is 3.27. The van der Waals surface area contributed by atoms with Crippen LogP contribution in [0.4, 0.5) is 11.4 Å². The molecule has 0 bridgehead atoms. The highest BCUT2D eigenvalue weighted by atomic mass is 16.5. The van der Waals surface area contributed by atoms with Crippen molar-refractivity contribution in [1.82, 2.24) is 0 Å². The highest BCUT2D eigenvalue weighted by Crippen LogP contribution is 2.28. The smallest absolute Gasteiger partial charge is 0.119 e. The second-order valence-electron chi connectivity index (χ2n) is 18.7. The highest BCUT2D eigenvalue weighted by Gasteiger charge is 2.06. The predicted octanol–water partition coefficient (Wildman–Crippen LogP) is 19.9. The van der Waals surface area contributed by atoms with Crippen LogP contribution in [0.25, 0.3) is 0 Å². The van der Waals surface area contributed by atoms with Crippen LogP contribution in [0.3, 0.4) is 0 Å². The molecule has 3 heteroatoms. The molecule has 0 atom stereocenters. The minimum atomic E-state index is 0.815. The van der Waals surface area contributed by atoms with Gasteiger partial charge in [0.1, 0.15) is 11.5 Å². The Kier molecular flexibility index (Phi) is 37.9. The van der Waals surface area contributed by atoms with Crippen LogP contribution in [0, 0.1) is 0 Å². The molecule has 0 aliphatic heterocycles. The van der Waals surface area contributed by atoms with Gasteiger partial charge < -0.3 is 14.4 Å². The molecule has 0 N–H and O–H groups in total. The maximum atomic E-state index is 6.08. The molecule has 0 heterocycles. The van der Waals surface area contributed by atoms with Crippen molar-refractivity contribution < 1.29 is 9.47 Å². The minimum Gasteiger partial charge on any atom is -0.494 e. The Balaban J connectivity index is 1.35. The van der Waals surface area contributed by atoms with Crippen molar-refractivity contribution in [2.24, 2.45) is 0 Å². The van der Waals surface area contributed by atoms with Gasteiger partial charge in [0.2, 0.25) is 0 Å². The van der Waals surface area contributed by atoms with E-state index in [-0.39, 0.29) is 0 Å². The monoisotopic (exact) mass is 832 g/mol. The number of anilines is 2. The second kappa shape index (κ2) is 42.2. The Bertz CT molecular complexity index is 1040. The first-order chi connectivity index (χ1) is 29.7. The molecular weight excluding hydrogens is 731 g/mol. The van der Waals surface area contributed by atoms with Gasteiger partial charge in [-0.15, -0.1) is 0 Å². The van der Waals surface area contributed by atoms with Crippen LogP contribution >= 0.6 is 0 Å². The Hall–Kier alpha value is -2.16. The molecule has 0 radical (unpaired) electrons. The molecule has 0 saturated heterocycles. The number of benzene rings is 2. The van der Waals surface area contributed by atoms with Gasteiger partial charge in [-0.1, -0.05) is 258 Å². The van der Waals surface area contributed by atoms with Crippen LogP contribution < -0.4 is 14.4 Å². The van der Waals surface area contributed by atoms with E-state index < -0.39 is 0 Å². The number of hydrogen-bond donors (Lipinski definition) is 0. The largest absolute Gasteiger partial charge is 0.494 e. The van der Waals surface area contributed by atoms with Gasteiger partial charge in [-0.2, -0.15) is 0 Å². The lowest BCUT2D eigenvalue weighted by atomic mass is 10.0. The molecule has 2 aromatic rings. The molecule has 0 aromatic heterocycles. The van der Waals surface area contributed by atoms with Crippen LogP contribution in [0.5, 0.6) is 11.5 Å². The van der Waals surface area contributed by atoms with E-state index in [0.717, 1.165) is 37.6 Å². The molecule has 2 rings (SSSR count). The average molecular weight is 832 g/mol. The molecule has 2 aromatic carbocycles. The molecule has 0 spiro atoms. The SMILES string of the molecule is CCCCCCCCCCCCCCCCCCCCCCOc1ccc(N(C)c2ccc(OCCCCCCCCCCCCCCCCCCCCCC)cc2)cc1. The fourth-order valence-corrected chi connectivity index (χ4v) is 8.78. The zero-order chi connectivity index (χ0) is 42.7. The third kappa shape index (κ3) is 32.5. The number of rotatable bonds is 46. The van der Waals surface area contributed by atoms with Gasteiger partial charge >= 0.3 is 0 Å². The van der Waals surface area contributed by atoms with Gasteiger partial charge in [0.05, 0.1) is 13.2 Å². The van der Waals surface area contributed by atoms with E-state index in [1.54, 1.807) is 0 Å². The molecule has 60 heavy (non-hydrogen) atoms. The first kappa shape index (κ1) is 54.0. The summed E-state index contributed by atoms with van der Waals surface area (Å²) in [6.07, 6.45) is 56.5. The van der Waals surface area contributed by atoms with Crippen molar-refractivity contribution in [3.63, 3.8) is 0 Å². The van der Waals surface area contributed by atoms with Crippen LogP contribution in [0.1, 0.15) is 271 Å². The summed E-state index contributed by atoms with van der Waals surface area (Å²) in [7, 11) is 2.13. The third-order valence-corrected chi connectivity index (χ3v) is 13.0. The number of unbranched alkanes of at least 4 members (excludes halogenated alkanes) is 38. The van der Waals surface area contributed by atoms with Gasteiger partial charge in [-0.05, 0) is 61.4 Å². The van der Waals surface area contributed by atoms with E-state index in [2.05, 4.69) is 74.3 Å². The van der Waals surface area contributed by atoms with Crippen LogP contribution in [-0.4, -0.2) is 20.3 Å². The molecule has 0 fully saturated rings. The summed E-state index contributed by atoms with van der Waals surface area (Å²) in [5.41, 5.74) is 2.33. The summed E-state index contributed by atoms with van der Waals surface area (Å²) >= 11 is 0. The number of hydrogen-bond acceptors (Lipinski definition) is 3. The third-order valence-electron chi connectivity index (χ3n) is 13.0. The number of ether oxygens (including phenoxy) is 2. The predicted molar refractivity (Wildman–Crippen MR) is 268 cm³/mol. The number of nitrogens with zero attached hydrogens (tertiary/aromatic N) is 1. The highest BCUT2D eigenvalue weighted by molar-refractivity contribution is 5.63. The topological polar surface area (TPSA) is 21.7 Å². The molecule has 0 aliphatic carbocycles. The Morgan fingerprint density at radius 2 is 0.450 bits per heavy atom. The van der Waals surface area contributed by atoms with E-state index in [1.165, 1.54) is 255 Å². The maximum Gasteiger partial charge on any atom is 0.119 e. The molecule has 0 amide bonds. The van der Waals surface area contributed by atoms with Crippen molar-refractivity contribution in [2.75, 3.05) is 25.2 Å². The summed E-state index contributed by atoms with van der Waals surface area (Å²) in [4.78, 5) is 2.23. The normalized spacial score (nSPS) is 11.4. The van der Waals surface area contributed by atoms with Gasteiger partial charge in [0.15, 0.2) is 0 Å². The summed E-state index contributed by atoms with van der Waals surface area (Å²) in [6.45, 7) is 6.24. The Morgan fingerprint density at radius 3 is 0.650 bits per heavy atom. The summed E-state index contributed by atoms with van der Waals surface area (Å²) < 4.78 is 12.2. The van der Waals surface area contributed by atoms with E-state index in [0.29, 0.717) is 0 Å².